The summed E-state index contributed by atoms with van der Waals surface area (Å²) in [6.07, 6.45) is 0. The molecule has 0 spiro atoms. The van der Waals surface area contributed by atoms with Gasteiger partial charge in [-0.2, -0.15) is 0 Å². The van der Waals surface area contributed by atoms with Gasteiger partial charge in [0.25, 0.3) is 5.91 Å². The summed E-state index contributed by atoms with van der Waals surface area (Å²) >= 11 is 7.68. The van der Waals surface area contributed by atoms with E-state index in [2.05, 4.69) is 10.6 Å². The maximum atomic E-state index is 13.6. The minimum absolute atomic E-state index is 0.201. The molecule has 4 aromatic rings. The summed E-state index contributed by atoms with van der Waals surface area (Å²) in [4.78, 5) is 27.1. The van der Waals surface area contributed by atoms with E-state index in [1.165, 1.54) is 26.0 Å². The summed E-state index contributed by atoms with van der Waals surface area (Å²) in [6.45, 7) is 1.97. The van der Waals surface area contributed by atoms with Gasteiger partial charge >= 0.3 is 0 Å². The number of amides is 2. The van der Waals surface area contributed by atoms with E-state index in [1.807, 2.05) is 73.7 Å². The molecular formula is C30H27ClN2O4S. The molecule has 0 aromatic heterocycles. The van der Waals surface area contributed by atoms with Crippen LogP contribution in [0.3, 0.4) is 0 Å². The average Bonchev–Trinajstić information content (AvgIpc) is 2.93. The number of hydrogen-bond donors (Lipinski definition) is 2. The molecule has 6 nitrogen and oxygen atoms in total. The molecule has 2 N–H and O–H groups in total. The third kappa shape index (κ3) is 6.68. The summed E-state index contributed by atoms with van der Waals surface area (Å²) in [6, 6.07) is 27.5. The van der Waals surface area contributed by atoms with Crippen LogP contribution >= 0.6 is 23.4 Å². The van der Waals surface area contributed by atoms with Crippen LogP contribution in [0.15, 0.2) is 95.9 Å². The van der Waals surface area contributed by atoms with Gasteiger partial charge in [-0.25, -0.2) is 0 Å². The average molecular weight is 547 g/mol. The Labute approximate surface area is 231 Å². The van der Waals surface area contributed by atoms with E-state index in [1.54, 1.807) is 24.3 Å². The van der Waals surface area contributed by atoms with Crippen molar-refractivity contribution in [3.8, 4) is 11.5 Å². The fraction of sp³-hybridized carbons (Fsp3) is 0.133. The Morgan fingerprint density at radius 1 is 0.816 bits per heavy atom. The van der Waals surface area contributed by atoms with Crippen LogP contribution in [0, 0.1) is 6.92 Å². The Morgan fingerprint density at radius 2 is 1.53 bits per heavy atom. The smallest absolute Gasteiger partial charge is 0.255 e. The molecule has 38 heavy (non-hydrogen) atoms. The van der Waals surface area contributed by atoms with E-state index >= 15 is 0 Å². The van der Waals surface area contributed by atoms with Gasteiger partial charge in [0.15, 0.2) is 0 Å². The van der Waals surface area contributed by atoms with Gasteiger partial charge in [0.05, 0.1) is 24.9 Å². The molecular weight excluding hydrogens is 520 g/mol. The molecule has 0 radical (unpaired) electrons. The lowest BCUT2D eigenvalue weighted by atomic mass is 10.1. The van der Waals surface area contributed by atoms with Gasteiger partial charge in [-0.1, -0.05) is 65.7 Å². The second-order valence-corrected chi connectivity index (χ2v) is 10.0. The summed E-state index contributed by atoms with van der Waals surface area (Å²) in [7, 11) is 3.02. The Kier molecular flexibility index (Phi) is 8.94. The molecule has 4 rings (SSSR count). The van der Waals surface area contributed by atoms with E-state index in [-0.39, 0.29) is 11.8 Å². The lowest BCUT2D eigenvalue weighted by Gasteiger charge is -2.19. The number of nitrogens with one attached hydrogen (secondary N) is 2. The largest absolute Gasteiger partial charge is 0.495 e. The highest BCUT2D eigenvalue weighted by atomic mass is 35.5. The first kappa shape index (κ1) is 27.1. The Hall–Kier alpha value is -3.94. The third-order valence-electron chi connectivity index (χ3n) is 5.73. The molecule has 8 heteroatoms. The molecule has 0 saturated heterocycles. The third-order valence-corrected chi connectivity index (χ3v) is 7.28. The maximum absolute atomic E-state index is 13.6. The Balaban J connectivity index is 1.57. The lowest BCUT2D eigenvalue weighted by Crippen LogP contribution is -2.19. The topological polar surface area (TPSA) is 76.7 Å². The fourth-order valence-electron chi connectivity index (χ4n) is 3.75. The van der Waals surface area contributed by atoms with Crippen molar-refractivity contribution in [1.29, 1.82) is 0 Å². The van der Waals surface area contributed by atoms with Gasteiger partial charge in [-0.05, 0) is 48.9 Å². The minimum atomic E-state index is -0.593. The van der Waals surface area contributed by atoms with Crippen molar-refractivity contribution in [2.75, 3.05) is 24.9 Å². The normalized spacial score (nSPS) is 11.4. The van der Waals surface area contributed by atoms with Crippen LogP contribution in [0.1, 0.15) is 26.7 Å². The zero-order valence-corrected chi connectivity index (χ0v) is 22.7. The quantitative estimate of drug-likeness (QED) is 0.214. The van der Waals surface area contributed by atoms with Crippen LogP contribution in [0.5, 0.6) is 11.5 Å². The van der Waals surface area contributed by atoms with Crippen LogP contribution in [0.4, 0.5) is 11.4 Å². The molecule has 4 aromatic carbocycles. The molecule has 0 saturated carbocycles. The molecule has 2 amide bonds. The SMILES string of the molecule is COc1cc(OC)c(NC(=O)C(Sc2cccc(NC(=O)c3ccc(C)cc3)c2)c2ccccc2)cc1Cl. The summed E-state index contributed by atoms with van der Waals surface area (Å²) < 4.78 is 10.7. The van der Waals surface area contributed by atoms with E-state index in [9.17, 15) is 9.59 Å². The van der Waals surface area contributed by atoms with Gasteiger partial charge in [-0.3, -0.25) is 9.59 Å². The van der Waals surface area contributed by atoms with Crippen molar-refractivity contribution in [3.63, 3.8) is 0 Å². The summed E-state index contributed by atoms with van der Waals surface area (Å²) in [5, 5.41) is 5.65. The predicted molar refractivity (Wildman–Crippen MR) is 154 cm³/mol. The first-order valence-corrected chi connectivity index (χ1v) is 13.1. The number of hydrogen-bond acceptors (Lipinski definition) is 5. The van der Waals surface area contributed by atoms with Crippen molar-refractivity contribution in [2.24, 2.45) is 0 Å². The van der Waals surface area contributed by atoms with Gasteiger partial charge in [0, 0.05) is 22.2 Å². The van der Waals surface area contributed by atoms with Crippen LogP contribution in [-0.4, -0.2) is 26.0 Å². The highest BCUT2D eigenvalue weighted by molar-refractivity contribution is 8.00. The highest BCUT2D eigenvalue weighted by Crippen LogP contribution is 2.40. The zero-order chi connectivity index (χ0) is 27.1. The van der Waals surface area contributed by atoms with Crippen molar-refractivity contribution in [2.45, 2.75) is 17.1 Å². The Morgan fingerprint density at radius 3 is 2.21 bits per heavy atom. The van der Waals surface area contributed by atoms with Crippen molar-refractivity contribution in [1.82, 2.24) is 0 Å². The molecule has 0 aliphatic rings. The summed E-state index contributed by atoms with van der Waals surface area (Å²) in [5.74, 6) is 0.417. The molecule has 0 bridgehead atoms. The number of rotatable bonds is 9. The van der Waals surface area contributed by atoms with Gasteiger partial charge < -0.3 is 20.1 Å². The van der Waals surface area contributed by atoms with Crippen molar-refractivity contribution in [3.05, 3.63) is 113 Å². The number of carbonyl (C=O) groups is 2. The zero-order valence-electron chi connectivity index (χ0n) is 21.2. The molecule has 0 heterocycles. The maximum Gasteiger partial charge on any atom is 0.255 e. The second-order valence-electron chi connectivity index (χ2n) is 8.43. The number of aryl methyl sites for hydroxylation is 1. The molecule has 194 valence electrons. The number of thioether (sulfide) groups is 1. The van der Waals surface area contributed by atoms with Gasteiger partial charge in [0.2, 0.25) is 5.91 Å². The van der Waals surface area contributed by atoms with E-state index in [0.717, 1.165) is 16.0 Å². The predicted octanol–water partition coefficient (Wildman–Crippen LogP) is 7.39. The number of ether oxygens (including phenoxy) is 2. The number of carbonyl (C=O) groups excluding carboxylic acids is 2. The van der Waals surface area contributed by atoms with Crippen LogP contribution < -0.4 is 20.1 Å². The second kappa shape index (κ2) is 12.5. The first-order chi connectivity index (χ1) is 18.4. The number of benzene rings is 4. The van der Waals surface area contributed by atoms with E-state index in [0.29, 0.717) is 33.5 Å². The first-order valence-electron chi connectivity index (χ1n) is 11.8. The number of halogens is 1. The van der Waals surface area contributed by atoms with Gasteiger partial charge in [0.1, 0.15) is 16.7 Å². The van der Waals surface area contributed by atoms with Crippen LogP contribution in [-0.2, 0) is 4.79 Å². The number of anilines is 2. The fourth-order valence-corrected chi connectivity index (χ4v) is 5.07. The lowest BCUT2D eigenvalue weighted by molar-refractivity contribution is -0.115. The monoisotopic (exact) mass is 546 g/mol. The molecule has 0 fully saturated rings. The highest BCUT2D eigenvalue weighted by Gasteiger charge is 2.24. The minimum Gasteiger partial charge on any atom is -0.495 e. The van der Waals surface area contributed by atoms with Crippen molar-refractivity contribution < 1.29 is 19.1 Å². The van der Waals surface area contributed by atoms with Crippen LogP contribution in [0.25, 0.3) is 0 Å². The molecule has 1 atom stereocenters. The molecule has 0 aliphatic heterocycles. The van der Waals surface area contributed by atoms with Gasteiger partial charge in [-0.15, -0.1) is 11.8 Å². The van der Waals surface area contributed by atoms with Crippen LogP contribution in [0.2, 0.25) is 5.02 Å². The molecule has 1 unspecified atom stereocenters. The molecule has 0 aliphatic carbocycles. The van der Waals surface area contributed by atoms with E-state index in [4.69, 9.17) is 21.1 Å². The summed E-state index contributed by atoms with van der Waals surface area (Å²) in [5.41, 5.74) is 3.55. The van der Waals surface area contributed by atoms with Crippen molar-refractivity contribution >= 4 is 46.6 Å². The standard InChI is InChI=1S/C30H27ClN2O4S/c1-19-12-14-21(15-13-19)29(34)32-22-10-7-11-23(16-22)38-28(20-8-5-4-6-9-20)30(35)33-25-17-24(31)26(36-2)18-27(25)37-3/h4-18,28H,1-3H3,(H,32,34)(H,33,35). The number of methoxy groups -OCH3 is 2. The Bertz CT molecular complexity index is 1430. The van der Waals surface area contributed by atoms with E-state index < -0.39 is 5.25 Å².